The van der Waals surface area contributed by atoms with Crippen LogP contribution in [-0.4, -0.2) is 44.4 Å². The third kappa shape index (κ3) is 5.64. The zero-order valence-electron chi connectivity index (χ0n) is 18.8. The number of allylic oxidation sites excluding steroid dienone is 3. The molecule has 2 N–H and O–H groups in total. The van der Waals surface area contributed by atoms with E-state index in [2.05, 4.69) is 28.7 Å². The Kier molecular flexibility index (Phi) is 7.77. The van der Waals surface area contributed by atoms with E-state index in [0.29, 0.717) is 31.4 Å². The van der Waals surface area contributed by atoms with Crippen LogP contribution in [0.2, 0.25) is 0 Å². The summed E-state index contributed by atoms with van der Waals surface area (Å²) in [6.07, 6.45) is 6.06. The number of carbonyl (C=O) groups excluding carboxylic acids is 2. The minimum Gasteiger partial charge on any atom is -0.512 e. The Morgan fingerprint density at radius 2 is 2.03 bits per heavy atom. The van der Waals surface area contributed by atoms with Crippen molar-refractivity contribution in [2.24, 2.45) is 23.2 Å². The summed E-state index contributed by atoms with van der Waals surface area (Å²) in [4.78, 5) is 24.6. The Bertz CT molecular complexity index is 757. The molecule has 1 aliphatic heterocycles. The predicted octanol–water partition coefficient (Wildman–Crippen LogP) is 4.64. The molecule has 7 atom stereocenters. The first-order valence-corrected chi connectivity index (χ1v) is 12.6. The summed E-state index contributed by atoms with van der Waals surface area (Å²) in [6.45, 7) is 7.80. The number of aliphatic hydroxyl groups excluding tert-OH is 2. The van der Waals surface area contributed by atoms with Gasteiger partial charge in [0.1, 0.15) is 12.2 Å². The van der Waals surface area contributed by atoms with E-state index in [1.807, 2.05) is 33.8 Å². The summed E-state index contributed by atoms with van der Waals surface area (Å²) in [5.41, 5.74) is 0.487. The minimum atomic E-state index is -0.654. The van der Waals surface area contributed by atoms with Gasteiger partial charge in [-0.15, -0.1) is 0 Å². The van der Waals surface area contributed by atoms with Crippen molar-refractivity contribution >= 4 is 34.5 Å². The van der Waals surface area contributed by atoms with Crippen molar-refractivity contribution in [1.82, 2.24) is 0 Å². The van der Waals surface area contributed by atoms with Gasteiger partial charge in [0.15, 0.2) is 0 Å². The van der Waals surface area contributed by atoms with Crippen LogP contribution in [0.1, 0.15) is 66.2 Å². The van der Waals surface area contributed by atoms with E-state index in [4.69, 9.17) is 9.47 Å². The fourth-order valence-electron chi connectivity index (χ4n) is 4.88. The van der Waals surface area contributed by atoms with Gasteiger partial charge in [-0.1, -0.05) is 42.5 Å². The van der Waals surface area contributed by atoms with E-state index < -0.39 is 11.5 Å². The van der Waals surface area contributed by atoms with Crippen LogP contribution < -0.4 is 0 Å². The molecule has 1 heterocycles. The van der Waals surface area contributed by atoms with Gasteiger partial charge >= 0.3 is 11.9 Å². The Balaban J connectivity index is 1.81. The SMILES string of the molecule is CCC(C)(C)C(=O)O[C@@H]1C[C@H](I)C=C2C=C(O)[C@@H](C)C(CC[C@@H]3C[C@H](O)CC(=O)O3)[C@@H]21. The molecule has 1 unspecified atom stereocenters. The molecule has 7 heteroatoms. The summed E-state index contributed by atoms with van der Waals surface area (Å²) < 4.78 is 11.8. The van der Waals surface area contributed by atoms with Crippen molar-refractivity contribution in [3.05, 3.63) is 23.5 Å². The lowest BCUT2D eigenvalue weighted by Gasteiger charge is -2.44. The molecule has 1 fully saturated rings. The zero-order chi connectivity index (χ0) is 22.9. The van der Waals surface area contributed by atoms with Crippen LogP contribution in [0.15, 0.2) is 23.5 Å². The summed E-state index contributed by atoms with van der Waals surface area (Å²) in [5.74, 6) is -0.226. The number of cyclic esters (lactones) is 1. The van der Waals surface area contributed by atoms with Crippen molar-refractivity contribution in [3.8, 4) is 0 Å². The van der Waals surface area contributed by atoms with Gasteiger partial charge in [0.25, 0.3) is 0 Å². The van der Waals surface area contributed by atoms with Crippen LogP contribution in [0.5, 0.6) is 0 Å². The van der Waals surface area contributed by atoms with Gasteiger partial charge in [-0.2, -0.15) is 0 Å². The van der Waals surface area contributed by atoms with Crippen molar-refractivity contribution in [1.29, 1.82) is 0 Å². The van der Waals surface area contributed by atoms with Gasteiger partial charge in [-0.05, 0) is 50.7 Å². The zero-order valence-corrected chi connectivity index (χ0v) is 21.0. The number of rotatable bonds is 6. The number of alkyl halides is 1. The average molecular weight is 546 g/mol. The molecule has 3 aliphatic rings. The molecule has 174 valence electrons. The van der Waals surface area contributed by atoms with Crippen molar-refractivity contribution in [3.63, 3.8) is 0 Å². The molecular formula is C24H35IO6. The maximum absolute atomic E-state index is 12.9. The molecule has 6 nitrogen and oxygen atoms in total. The number of hydrogen-bond acceptors (Lipinski definition) is 6. The van der Waals surface area contributed by atoms with E-state index in [1.54, 1.807) is 0 Å². The summed E-state index contributed by atoms with van der Waals surface area (Å²) >= 11 is 2.35. The first-order chi connectivity index (χ1) is 14.5. The lowest BCUT2D eigenvalue weighted by Crippen LogP contribution is -2.44. The van der Waals surface area contributed by atoms with E-state index in [9.17, 15) is 19.8 Å². The number of hydrogen-bond donors (Lipinski definition) is 2. The number of fused-ring (bicyclic) bond motifs is 1. The predicted molar refractivity (Wildman–Crippen MR) is 126 cm³/mol. The molecule has 0 radical (unpaired) electrons. The highest BCUT2D eigenvalue weighted by molar-refractivity contribution is 14.1. The van der Waals surface area contributed by atoms with Crippen molar-refractivity contribution < 1.29 is 29.3 Å². The number of halogens is 1. The molecule has 2 aliphatic carbocycles. The normalized spacial score (nSPS) is 36.1. The monoisotopic (exact) mass is 546 g/mol. The molecular weight excluding hydrogens is 511 g/mol. The molecule has 0 saturated carbocycles. The number of esters is 2. The Hall–Kier alpha value is -1.09. The average Bonchev–Trinajstić information content (AvgIpc) is 2.67. The lowest BCUT2D eigenvalue weighted by molar-refractivity contribution is -0.165. The molecule has 0 aromatic heterocycles. The van der Waals surface area contributed by atoms with Crippen molar-refractivity contribution in [2.45, 2.75) is 88.5 Å². The quantitative estimate of drug-likeness (QED) is 0.287. The number of carbonyl (C=O) groups is 2. The maximum Gasteiger partial charge on any atom is 0.311 e. The molecule has 0 bridgehead atoms. The smallest absolute Gasteiger partial charge is 0.311 e. The van der Waals surface area contributed by atoms with Gasteiger partial charge < -0.3 is 19.7 Å². The van der Waals surface area contributed by atoms with Gasteiger partial charge in [0.2, 0.25) is 0 Å². The molecule has 0 amide bonds. The van der Waals surface area contributed by atoms with Gasteiger partial charge in [0, 0.05) is 28.6 Å². The third-order valence-corrected chi connectivity index (χ3v) is 8.12. The maximum atomic E-state index is 12.9. The van der Waals surface area contributed by atoms with Gasteiger partial charge in [-0.25, -0.2) is 0 Å². The first-order valence-electron chi connectivity index (χ1n) is 11.4. The van der Waals surface area contributed by atoms with Crippen LogP contribution in [0.25, 0.3) is 0 Å². The van der Waals surface area contributed by atoms with E-state index in [0.717, 1.165) is 12.0 Å². The highest BCUT2D eigenvalue weighted by Crippen LogP contribution is 2.47. The van der Waals surface area contributed by atoms with E-state index in [-0.39, 0.29) is 52.2 Å². The molecule has 0 aromatic rings. The molecule has 0 aromatic carbocycles. The van der Waals surface area contributed by atoms with Crippen LogP contribution in [-0.2, 0) is 19.1 Å². The summed E-state index contributed by atoms with van der Waals surface area (Å²) in [6, 6.07) is 0. The fraction of sp³-hybridized carbons (Fsp3) is 0.750. The Morgan fingerprint density at radius 3 is 2.68 bits per heavy atom. The van der Waals surface area contributed by atoms with E-state index in [1.165, 1.54) is 0 Å². The van der Waals surface area contributed by atoms with Crippen LogP contribution >= 0.6 is 22.6 Å². The number of ether oxygens (including phenoxy) is 2. The lowest BCUT2D eigenvalue weighted by atomic mass is 9.66. The second-order valence-electron chi connectivity index (χ2n) is 9.93. The highest BCUT2D eigenvalue weighted by atomic mass is 127. The topological polar surface area (TPSA) is 93.1 Å². The van der Waals surface area contributed by atoms with Gasteiger partial charge in [-0.3, -0.25) is 9.59 Å². The first kappa shape index (κ1) is 24.6. The second-order valence-corrected chi connectivity index (χ2v) is 11.5. The minimum absolute atomic E-state index is 0.00209. The molecule has 31 heavy (non-hydrogen) atoms. The molecule has 1 saturated heterocycles. The van der Waals surface area contributed by atoms with Crippen LogP contribution in [0.4, 0.5) is 0 Å². The number of aliphatic hydroxyl groups is 2. The fourth-order valence-corrected chi connectivity index (χ4v) is 5.80. The van der Waals surface area contributed by atoms with Crippen molar-refractivity contribution in [2.75, 3.05) is 0 Å². The third-order valence-electron chi connectivity index (χ3n) is 7.25. The van der Waals surface area contributed by atoms with Crippen LogP contribution in [0, 0.1) is 23.2 Å². The Labute approximate surface area is 198 Å². The van der Waals surface area contributed by atoms with Gasteiger partial charge in [0.05, 0.1) is 23.7 Å². The molecule has 3 rings (SSSR count). The second kappa shape index (κ2) is 9.81. The molecule has 0 spiro atoms. The van der Waals surface area contributed by atoms with E-state index >= 15 is 0 Å². The summed E-state index contributed by atoms with van der Waals surface area (Å²) in [7, 11) is 0. The Morgan fingerprint density at radius 1 is 1.32 bits per heavy atom. The standard InChI is InChI=1S/C24H35IO6/c1-5-24(3,4)23(29)31-20-10-15(25)8-14-9-19(27)13(2)18(22(14)20)7-6-17-11-16(26)12-21(28)30-17/h8-9,13,15-18,20,22,26-27H,5-7,10-12H2,1-4H3/t13-,15+,16-,17+,18?,20+,22+/m0/s1. The van der Waals surface area contributed by atoms with Crippen LogP contribution in [0.3, 0.4) is 0 Å². The largest absolute Gasteiger partial charge is 0.512 e. The summed E-state index contributed by atoms with van der Waals surface area (Å²) in [5, 5.41) is 20.5. The highest BCUT2D eigenvalue weighted by Gasteiger charge is 2.45.